The monoisotopic (exact) mass is 371 g/mol. The number of amides is 2. The van der Waals surface area contributed by atoms with Crippen LogP contribution in [0.5, 0.6) is 5.75 Å². The van der Waals surface area contributed by atoms with Crippen LogP contribution in [0.25, 0.3) is 0 Å². The average molecular weight is 372 g/mol. The van der Waals surface area contributed by atoms with Gasteiger partial charge in [0, 0.05) is 28.8 Å². The number of halogens is 1. The molecule has 0 fully saturated rings. The van der Waals surface area contributed by atoms with E-state index in [0.29, 0.717) is 34.3 Å². The van der Waals surface area contributed by atoms with Crippen LogP contribution in [0.4, 0.5) is 11.4 Å². The van der Waals surface area contributed by atoms with Crippen molar-refractivity contribution in [3.05, 3.63) is 53.1 Å². The highest BCUT2D eigenvalue weighted by Crippen LogP contribution is 2.31. The van der Waals surface area contributed by atoms with Crippen molar-refractivity contribution in [2.45, 2.75) is 12.5 Å². The van der Waals surface area contributed by atoms with Crippen molar-refractivity contribution in [3.63, 3.8) is 0 Å². The second-order valence-electron chi connectivity index (χ2n) is 5.85. The first kappa shape index (κ1) is 16.4. The fourth-order valence-corrected chi connectivity index (χ4v) is 2.99. The topological polar surface area (TPSA) is 89.0 Å². The van der Waals surface area contributed by atoms with Gasteiger partial charge in [-0.2, -0.15) is 0 Å². The fraction of sp³-hybridized carbons (Fsp3) is 0.167. The number of hydrogen-bond donors (Lipinski definition) is 2. The molecule has 2 aliphatic heterocycles. The molecule has 0 radical (unpaired) electrons. The highest BCUT2D eigenvalue weighted by molar-refractivity contribution is 6.34. The summed E-state index contributed by atoms with van der Waals surface area (Å²) in [6.45, 7) is -0.0504. The van der Waals surface area contributed by atoms with E-state index in [1.807, 2.05) is 18.2 Å². The van der Waals surface area contributed by atoms with E-state index in [9.17, 15) is 9.59 Å². The summed E-state index contributed by atoms with van der Waals surface area (Å²) >= 11 is 6.16. The van der Waals surface area contributed by atoms with Crippen molar-refractivity contribution in [2.24, 2.45) is 5.16 Å². The van der Waals surface area contributed by atoms with Gasteiger partial charge in [0.15, 0.2) is 6.61 Å². The number of rotatable bonds is 3. The zero-order valence-corrected chi connectivity index (χ0v) is 14.2. The van der Waals surface area contributed by atoms with E-state index < -0.39 is 6.10 Å². The Kier molecular flexibility index (Phi) is 4.22. The Morgan fingerprint density at radius 1 is 1.27 bits per heavy atom. The van der Waals surface area contributed by atoms with Crippen molar-refractivity contribution in [2.75, 3.05) is 17.2 Å². The van der Waals surface area contributed by atoms with Gasteiger partial charge in [0.05, 0.1) is 11.4 Å². The molecule has 8 heteroatoms. The maximum absolute atomic E-state index is 12.4. The van der Waals surface area contributed by atoms with Gasteiger partial charge in [-0.1, -0.05) is 35.0 Å². The molecule has 0 saturated heterocycles. The molecule has 4 rings (SSSR count). The lowest BCUT2D eigenvalue weighted by molar-refractivity contribution is -0.125. The quantitative estimate of drug-likeness (QED) is 0.868. The van der Waals surface area contributed by atoms with Crippen LogP contribution < -0.4 is 15.4 Å². The molecule has 0 aromatic heterocycles. The SMILES string of the molecule is O=C1COc2cc(NC(=O)[C@@H]3CC(c4ccccc4Cl)=NO3)ccc2N1. The van der Waals surface area contributed by atoms with Crippen molar-refractivity contribution < 1.29 is 19.2 Å². The van der Waals surface area contributed by atoms with Gasteiger partial charge in [-0.05, 0) is 18.2 Å². The van der Waals surface area contributed by atoms with Crippen LogP contribution in [-0.2, 0) is 14.4 Å². The normalized spacial score (nSPS) is 18.1. The zero-order chi connectivity index (χ0) is 18.1. The third-order valence-corrected chi connectivity index (χ3v) is 4.36. The molecule has 0 saturated carbocycles. The van der Waals surface area contributed by atoms with Gasteiger partial charge in [0.25, 0.3) is 11.8 Å². The van der Waals surface area contributed by atoms with Gasteiger partial charge in [-0.3, -0.25) is 9.59 Å². The minimum Gasteiger partial charge on any atom is -0.482 e. The smallest absolute Gasteiger partial charge is 0.268 e. The summed E-state index contributed by atoms with van der Waals surface area (Å²) in [4.78, 5) is 29.0. The van der Waals surface area contributed by atoms with E-state index in [-0.39, 0.29) is 18.4 Å². The summed E-state index contributed by atoms with van der Waals surface area (Å²) < 4.78 is 5.34. The van der Waals surface area contributed by atoms with E-state index in [2.05, 4.69) is 15.8 Å². The minimum atomic E-state index is -0.738. The van der Waals surface area contributed by atoms with Crippen LogP contribution in [0, 0.1) is 0 Å². The summed E-state index contributed by atoms with van der Waals surface area (Å²) in [7, 11) is 0. The molecular formula is C18H14ClN3O4. The standard InChI is InChI=1S/C18H14ClN3O4/c19-12-4-2-1-3-11(12)14-8-16(26-22-14)18(24)20-10-5-6-13-15(7-10)25-9-17(23)21-13/h1-7,16H,8-9H2,(H,20,24)(H,21,23)/t16-/m0/s1. The Balaban J connectivity index is 1.42. The number of fused-ring (bicyclic) bond motifs is 1. The number of carbonyl (C=O) groups excluding carboxylic acids is 2. The molecule has 26 heavy (non-hydrogen) atoms. The van der Waals surface area contributed by atoms with Crippen LogP contribution >= 0.6 is 11.6 Å². The third-order valence-electron chi connectivity index (χ3n) is 4.03. The molecule has 0 unspecified atom stereocenters. The second kappa shape index (κ2) is 6.68. The molecule has 1 atom stereocenters. The Bertz CT molecular complexity index is 928. The molecular weight excluding hydrogens is 358 g/mol. The Labute approximate surface area is 153 Å². The van der Waals surface area contributed by atoms with Crippen LogP contribution in [0.15, 0.2) is 47.6 Å². The van der Waals surface area contributed by atoms with E-state index in [1.165, 1.54) is 0 Å². The van der Waals surface area contributed by atoms with Gasteiger partial charge in [0.2, 0.25) is 6.10 Å². The molecule has 0 bridgehead atoms. The van der Waals surface area contributed by atoms with Crippen LogP contribution in [0.3, 0.4) is 0 Å². The Morgan fingerprint density at radius 2 is 2.12 bits per heavy atom. The lowest BCUT2D eigenvalue weighted by atomic mass is 10.0. The number of oxime groups is 1. The zero-order valence-electron chi connectivity index (χ0n) is 13.5. The highest BCUT2D eigenvalue weighted by atomic mass is 35.5. The number of anilines is 2. The number of carbonyl (C=O) groups is 2. The molecule has 2 aliphatic rings. The fourth-order valence-electron chi connectivity index (χ4n) is 2.75. The van der Waals surface area contributed by atoms with Gasteiger partial charge >= 0.3 is 0 Å². The lowest BCUT2D eigenvalue weighted by Crippen LogP contribution is -2.28. The second-order valence-corrected chi connectivity index (χ2v) is 6.26. The number of hydrogen-bond acceptors (Lipinski definition) is 5. The summed E-state index contributed by atoms with van der Waals surface area (Å²) in [6, 6.07) is 12.3. The summed E-state index contributed by atoms with van der Waals surface area (Å²) in [5.74, 6) is -0.0313. The Morgan fingerprint density at radius 3 is 2.96 bits per heavy atom. The first-order valence-electron chi connectivity index (χ1n) is 7.95. The summed E-state index contributed by atoms with van der Waals surface area (Å²) in [5, 5.41) is 10.0. The third kappa shape index (κ3) is 3.21. The van der Waals surface area contributed by atoms with E-state index >= 15 is 0 Å². The maximum Gasteiger partial charge on any atom is 0.268 e. The van der Waals surface area contributed by atoms with Crippen molar-refractivity contribution in [1.29, 1.82) is 0 Å². The predicted octanol–water partition coefficient (Wildman–Crippen LogP) is 2.80. The molecule has 2 aromatic rings. The predicted molar refractivity (Wildman–Crippen MR) is 96.7 cm³/mol. The van der Waals surface area contributed by atoms with Gasteiger partial charge < -0.3 is 20.2 Å². The van der Waals surface area contributed by atoms with Crippen LogP contribution in [0.1, 0.15) is 12.0 Å². The summed E-state index contributed by atoms with van der Waals surface area (Å²) in [5.41, 5.74) is 2.50. The number of ether oxygens (including phenoxy) is 1. The molecule has 132 valence electrons. The van der Waals surface area contributed by atoms with Gasteiger partial charge in [-0.25, -0.2) is 0 Å². The van der Waals surface area contributed by atoms with E-state index in [4.69, 9.17) is 21.2 Å². The minimum absolute atomic E-state index is 0.0504. The number of nitrogens with zero attached hydrogens (tertiary/aromatic N) is 1. The molecule has 0 aliphatic carbocycles. The van der Waals surface area contributed by atoms with E-state index in [0.717, 1.165) is 5.56 Å². The van der Waals surface area contributed by atoms with Crippen LogP contribution in [0.2, 0.25) is 5.02 Å². The Hall–Kier alpha value is -3.06. The number of benzene rings is 2. The molecule has 0 spiro atoms. The largest absolute Gasteiger partial charge is 0.482 e. The highest BCUT2D eigenvalue weighted by Gasteiger charge is 2.30. The van der Waals surface area contributed by atoms with Crippen LogP contribution in [-0.4, -0.2) is 30.2 Å². The molecule has 7 nitrogen and oxygen atoms in total. The molecule has 2 heterocycles. The lowest BCUT2D eigenvalue weighted by Gasteiger charge is -2.19. The first-order chi connectivity index (χ1) is 12.6. The maximum atomic E-state index is 12.4. The first-order valence-corrected chi connectivity index (χ1v) is 8.33. The van der Waals surface area contributed by atoms with Gasteiger partial charge in [0.1, 0.15) is 5.75 Å². The number of nitrogens with one attached hydrogen (secondary N) is 2. The molecule has 2 aromatic carbocycles. The summed E-state index contributed by atoms with van der Waals surface area (Å²) in [6.07, 6.45) is -0.412. The van der Waals surface area contributed by atoms with E-state index in [1.54, 1.807) is 24.3 Å². The average Bonchev–Trinajstić information content (AvgIpc) is 3.12. The van der Waals surface area contributed by atoms with Crippen molar-refractivity contribution in [3.8, 4) is 5.75 Å². The van der Waals surface area contributed by atoms with Crippen molar-refractivity contribution >= 4 is 40.5 Å². The molecule has 2 amide bonds. The molecule has 2 N–H and O–H groups in total. The van der Waals surface area contributed by atoms with Crippen molar-refractivity contribution in [1.82, 2.24) is 0 Å². The van der Waals surface area contributed by atoms with Gasteiger partial charge in [-0.15, -0.1) is 0 Å².